The molecule has 0 unspecified atom stereocenters. The van der Waals surface area contributed by atoms with Crippen molar-refractivity contribution in [2.45, 2.75) is 13.3 Å². The maximum absolute atomic E-state index is 11.7. The number of carbonyl (C=O) groups is 2. The average Bonchev–Trinajstić information content (AvgIpc) is 3.03. The van der Waals surface area contributed by atoms with Gasteiger partial charge in [0.25, 0.3) is 0 Å². The van der Waals surface area contributed by atoms with Gasteiger partial charge >= 0.3 is 5.97 Å². The van der Waals surface area contributed by atoms with Crippen LogP contribution in [-0.2, 0) is 9.59 Å². The zero-order valence-corrected chi connectivity index (χ0v) is 11.4. The number of carbonyl (C=O) groups excluding carboxylic acids is 1. The van der Waals surface area contributed by atoms with Crippen LogP contribution in [0.25, 0.3) is 0 Å². The molecule has 1 saturated carbocycles. The second kappa shape index (κ2) is 4.64. The monoisotopic (exact) mass is 345 g/mol. The van der Waals surface area contributed by atoms with Gasteiger partial charge < -0.3 is 10.4 Å². The van der Waals surface area contributed by atoms with Gasteiger partial charge in [-0.25, -0.2) is 0 Å². The number of hydrogen-bond acceptors (Lipinski definition) is 2. The summed E-state index contributed by atoms with van der Waals surface area (Å²) in [7, 11) is 0. The lowest BCUT2D eigenvalue weighted by atomic mass is 10.2. The van der Waals surface area contributed by atoms with Gasteiger partial charge in [0.2, 0.25) is 5.91 Å². The molecule has 17 heavy (non-hydrogen) atoms. The minimum Gasteiger partial charge on any atom is -0.481 e. The van der Waals surface area contributed by atoms with Crippen molar-refractivity contribution in [3.05, 3.63) is 27.3 Å². The lowest BCUT2D eigenvalue weighted by molar-refractivity contribution is -0.139. The van der Waals surface area contributed by atoms with E-state index in [9.17, 15) is 9.59 Å². The third-order valence-corrected chi connectivity index (χ3v) is 4.05. The molecule has 0 saturated heterocycles. The number of anilines is 1. The first-order valence-electron chi connectivity index (χ1n) is 5.29. The average molecular weight is 345 g/mol. The SMILES string of the molecule is Cc1ccc(NC(=O)[C@@H]2C[C@@H]2C(=O)O)cc1I. The molecule has 0 spiro atoms. The minimum absolute atomic E-state index is 0.197. The van der Waals surface area contributed by atoms with Crippen LogP contribution < -0.4 is 5.32 Å². The Kier molecular flexibility index (Phi) is 3.37. The molecule has 1 aromatic rings. The minimum atomic E-state index is -0.886. The van der Waals surface area contributed by atoms with Gasteiger partial charge in [0.1, 0.15) is 0 Å². The molecule has 0 heterocycles. The van der Waals surface area contributed by atoms with E-state index in [2.05, 4.69) is 27.9 Å². The van der Waals surface area contributed by atoms with Crippen LogP contribution in [-0.4, -0.2) is 17.0 Å². The van der Waals surface area contributed by atoms with Crippen LogP contribution in [0.3, 0.4) is 0 Å². The molecule has 0 aromatic heterocycles. The molecule has 1 fully saturated rings. The highest BCUT2D eigenvalue weighted by atomic mass is 127. The van der Waals surface area contributed by atoms with Gasteiger partial charge in [0, 0.05) is 9.26 Å². The second-order valence-corrected chi connectivity index (χ2v) is 5.40. The van der Waals surface area contributed by atoms with E-state index in [1.165, 1.54) is 0 Å². The van der Waals surface area contributed by atoms with Gasteiger partial charge in [-0.2, -0.15) is 0 Å². The summed E-state index contributed by atoms with van der Waals surface area (Å²) in [5.74, 6) is -1.95. The molecule has 1 aliphatic carbocycles. The predicted molar refractivity (Wildman–Crippen MR) is 71.8 cm³/mol. The molecule has 90 valence electrons. The van der Waals surface area contributed by atoms with Crippen LogP contribution in [0.2, 0.25) is 0 Å². The molecule has 0 aliphatic heterocycles. The predicted octanol–water partition coefficient (Wildman–Crippen LogP) is 2.26. The van der Waals surface area contributed by atoms with Gasteiger partial charge in [-0.15, -0.1) is 0 Å². The first kappa shape index (κ1) is 12.3. The Morgan fingerprint density at radius 3 is 2.65 bits per heavy atom. The smallest absolute Gasteiger partial charge is 0.307 e. The molecule has 2 rings (SSSR count). The number of aryl methyl sites for hydroxylation is 1. The maximum atomic E-state index is 11.7. The van der Waals surface area contributed by atoms with Crippen LogP contribution in [0, 0.1) is 22.3 Å². The van der Waals surface area contributed by atoms with E-state index in [4.69, 9.17) is 5.11 Å². The van der Waals surface area contributed by atoms with Crippen LogP contribution in [0.5, 0.6) is 0 Å². The van der Waals surface area contributed by atoms with E-state index < -0.39 is 11.9 Å². The quantitative estimate of drug-likeness (QED) is 0.826. The standard InChI is InChI=1S/C12H12INO3/c1-6-2-3-7(4-10(6)13)14-11(15)8-5-9(8)12(16)17/h2-4,8-9H,5H2,1H3,(H,14,15)(H,16,17)/t8-,9+/m1/s1. The number of amides is 1. The first-order valence-corrected chi connectivity index (χ1v) is 6.36. The normalized spacial score (nSPS) is 22.0. The summed E-state index contributed by atoms with van der Waals surface area (Å²) >= 11 is 2.20. The number of benzene rings is 1. The summed E-state index contributed by atoms with van der Waals surface area (Å²) in [4.78, 5) is 22.4. The number of rotatable bonds is 3. The van der Waals surface area contributed by atoms with E-state index in [0.717, 1.165) is 14.8 Å². The van der Waals surface area contributed by atoms with Crippen LogP contribution in [0.15, 0.2) is 18.2 Å². The largest absolute Gasteiger partial charge is 0.481 e. The van der Waals surface area contributed by atoms with Gasteiger partial charge in [-0.3, -0.25) is 9.59 Å². The van der Waals surface area contributed by atoms with E-state index in [1.807, 2.05) is 25.1 Å². The third-order valence-electron chi connectivity index (χ3n) is 2.88. The number of nitrogens with one attached hydrogen (secondary N) is 1. The number of aliphatic carboxylic acids is 1. The Bertz CT molecular complexity index is 487. The molecular formula is C12H12INO3. The van der Waals surface area contributed by atoms with Crippen molar-refractivity contribution in [2.75, 3.05) is 5.32 Å². The summed E-state index contributed by atoms with van der Waals surface area (Å²) < 4.78 is 1.07. The van der Waals surface area contributed by atoms with Crippen molar-refractivity contribution < 1.29 is 14.7 Å². The summed E-state index contributed by atoms with van der Waals surface area (Å²) in [5.41, 5.74) is 1.87. The number of halogens is 1. The summed E-state index contributed by atoms with van der Waals surface area (Å²) in [5, 5.41) is 11.5. The molecule has 2 N–H and O–H groups in total. The summed E-state index contributed by atoms with van der Waals surface area (Å²) in [6, 6.07) is 5.64. The van der Waals surface area contributed by atoms with Gasteiger partial charge in [0.05, 0.1) is 11.8 Å². The molecule has 5 heteroatoms. The summed E-state index contributed by atoms with van der Waals surface area (Å²) in [6.45, 7) is 1.99. The van der Waals surface area contributed by atoms with Crippen molar-refractivity contribution in [1.29, 1.82) is 0 Å². The number of hydrogen-bond donors (Lipinski definition) is 2. The van der Waals surface area contributed by atoms with E-state index in [0.29, 0.717) is 6.42 Å². The highest BCUT2D eigenvalue weighted by Crippen LogP contribution is 2.39. The van der Waals surface area contributed by atoms with Crippen LogP contribution >= 0.6 is 22.6 Å². The lowest BCUT2D eigenvalue weighted by Gasteiger charge is -2.06. The maximum Gasteiger partial charge on any atom is 0.307 e. The molecule has 2 atom stereocenters. The van der Waals surface area contributed by atoms with Gasteiger partial charge in [-0.05, 0) is 53.6 Å². The summed E-state index contributed by atoms with van der Waals surface area (Å²) in [6.07, 6.45) is 0.449. The first-order chi connectivity index (χ1) is 7.99. The number of carboxylic acids is 1. The van der Waals surface area contributed by atoms with Crippen molar-refractivity contribution in [1.82, 2.24) is 0 Å². The van der Waals surface area contributed by atoms with Crippen molar-refractivity contribution in [3.8, 4) is 0 Å². The Balaban J connectivity index is 2.00. The van der Waals surface area contributed by atoms with E-state index >= 15 is 0 Å². The zero-order valence-electron chi connectivity index (χ0n) is 9.24. The molecule has 1 aromatic carbocycles. The van der Waals surface area contributed by atoms with Crippen LogP contribution in [0.4, 0.5) is 5.69 Å². The Hall–Kier alpha value is -1.11. The van der Waals surface area contributed by atoms with Crippen molar-refractivity contribution in [3.63, 3.8) is 0 Å². The third kappa shape index (κ3) is 2.77. The fourth-order valence-corrected chi connectivity index (χ4v) is 2.18. The number of carboxylic acid groups (broad SMARTS) is 1. The van der Waals surface area contributed by atoms with E-state index in [1.54, 1.807) is 0 Å². The van der Waals surface area contributed by atoms with Crippen LogP contribution in [0.1, 0.15) is 12.0 Å². The Morgan fingerprint density at radius 1 is 1.41 bits per heavy atom. The zero-order chi connectivity index (χ0) is 12.6. The van der Waals surface area contributed by atoms with Gasteiger partial charge in [-0.1, -0.05) is 6.07 Å². The lowest BCUT2D eigenvalue weighted by Crippen LogP contribution is -2.16. The van der Waals surface area contributed by atoms with Crippen molar-refractivity contribution >= 4 is 40.2 Å². The molecule has 0 bridgehead atoms. The fourth-order valence-electron chi connectivity index (χ4n) is 1.66. The van der Waals surface area contributed by atoms with Crippen molar-refractivity contribution in [2.24, 2.45) is 11.8 Å². The molecule has 1 amide bonds. The Morgan fingerprint density at radius 2 is 2.12 bits per heavy atom. The van der Waals surface area contributed by atoms with Gasteiger partial charge in [0.15, 0.2) is 0 Å². The highest BCUT2D eigenvalue weighted by Gasteiger charge is 2.48. The fraction of sp³-hybridized carbons (Fsp3) is 0.333. The molecular weight excluding hydrogens is 333 g/mol. The molecule has 4 nitrogen and oxygen atoms in total. The molecule has 1 aliphatic rings. The Labute approximate surface area is 113 Å². The highest BCUT2D eigenvalue weighted by molar-refractivity contribution is 14.1. The van der Waals surface area contributed by atoms with E-state index in [-0.39, 0.29) is 11.8 Å². The second-order valence-electron chi connectivity index (χ2n) is 4.24. The molecule has 0 radical (unpaired) electrons. The topological polar surface area (TPSA) is 66.4 Å².